The van der Waals surface area contributed by atoms with Gasteiger partial charge in [0.05, 0.1) is 0 Å². The molecule has 2 aliphatic carbocycles. The van der Waals surface area contributed by atoms with Gasteiger partial charge in [-0.25, -0.2) is 15.0 Å². The molecule has 0 N–H and O–H groups in total. The third-order valence-corrected chi connectivity index (χ3v) is 9.67. The van der Waals surface area contributed by atoms with Crippen molar-refractivity contribution in [1.82, 2.24) is 15.0 Å². The van der Waals surface area contributed by atoms with Crippen LogP contribution in [-0.2, 0) is 0 Å². The van der Waals surface area contributed by atoms with Gasteiger partial charge in [-0.2, -0.15) is 0 Å². The van der Waals surface area contributed by atoms with E-state index in [0.717, 1.165) is 22.3 Å². The van der Waals surface area contributed by atoms with Crippen molar-refractivity contribution in [1.29, 1.82) is 0 Å². The van der Waals surface area contributed by atoms with Gasteiger partial charge in [-0.15, -0.1) is 0 Å². The van der Waals surface area contributed by atoms with Crippen LogP contribution in [-0.4, -0.2) is 15.0 Å². The Hall–Kier alpha value is -6.19. The van der Waals surface area contributed by atoms with Crippen molar-refractivity contribution < 1.29 is 0 Å². The maximum atomic E-state index is 4.92. The van der Waals surface area contributed by atoms with E-state index in [2.05, 4.69) is 150 Å². The van der Waals surface area contributed by atoms with Crippen molar-refractivity contribution in [3.63, 3.8) is 0 Å². The highest BCUT2D eigenvalue weighted by Gasteiger charge is 2.32. The number of fused-ring (bicyclic) bond motifs is 6. The molecule has 9 rings (SSSR count). The molecule has 6 aromatic carbocycles. The van der Waals surface area contributed by atoms with Crippen LogP contribution in [0.25, 0.3) is 67.3 Å². The number of hydrogen-bond acceptors (Lipinski definition) is 3. The number of rotatable bonds is 5. The van der Waals surface area contributed by atoms with E-state index in [1.807, 2.05) is 30.3 Å². The van der Waals surface area contributed by atoms with Crippen LogP contribution in [0, 0.1) is 0 Å². The summed E-state index contributed by atoms with van der Waals surface area (Å²) < 4.78 is 0. The summed E-state index contributed by atoms with van der Waals surface area (Å²) in [5.74, 6) is 1.97. The van der Waals surface area contributed by atoms with E-state index in [0.29, 0.717) is 23.5 Å². The van der Waals surface area contributed by atoms with E-state index in [9.17, 15) is 0 Å². The van der Waals surface area contributed by atoms with E-state index in [1.165, 1.54) is 44.5 Å². The number of aromatic nitrogens is 3. The number of hydrogen-bond donors (Lipinski definition) is 0. The Morgan fingerprint density at radius 2 is 0.854 bits per heavy atom. The quantitative estimate of drug-likeness (QED) is 0.194. The SMILES string of the molecule is C1=CC2c3ccccc3-c3ccc(-c4ccccc4-c4ccccc4-c4ccccc4-c4ncnc(-c5ccccc5)n4)cc3C2C=C1. The molecule has 3 heteroatoms. The summed E-state index contributed by atoms with van der Waals surface area (Å²) in [6, 6.07) is 51.9. The van der Waals surface area contributed by atoms with Gasteiger partial charge in [0.15, 0.2) is 11.6 Å². The molecule has 1 heterocycles. The average molecular weight is 614 g/mol. The van der Waals surface area contributed by atoms with Gasteiger partial charge in [0.1, 0.15) is 6.33 Å². The fourth-order valence-corrected chi connectivity index (χ4v) is 7.47. The highest BCUT2D eigenvalue weighted by molar-refractivity contribution is 5.95. The fourth-order valence-electron chi connectivity index (χ4n) is 7.47. The second-order valence-electron chi connectivity index (χ2n) is 12.3. The minimum absolute atomic E-state index is 0.312. The predicted molar refractivity (Wildman–Crippen MR) is 196 cm³/mol. The first kappa shape index (κ1) is 28.1. The normalized spacial score (nSPS) is 15.8. The number of nitrogens with zero attached hydrogens (tertiary/aromatic N) is 3. The van der Waals surface area contributed by atoms with E-state index in [4.69, 9.17) is 4.98 Å². The van der Waals surface area contributed by atoms with Crippen LogP contribution in [0.2, 0.25) is 0 Å². The fraction of sp³-hybridized carbons (Fsp3) is 0.0444. The summed E-state index contributed by atoms with van der Waals surface area (Å²) in [6.45, 7) is 0. The smallest absolute Gasteiger partial charge is 0.163 e. The molecule has 0 saturated carbocycles. The van der Waals surface area contributed by atoms with Gasteiger partial charge in [-0.1, -0.05) is 164 Å². The summed E-state index contributed by atoms with van der Waals surface area (Å²) in [4.78, 5) is 14.1. The van der Waals surface area contributed by atoms with Crippen LogP contribution in [0.3, 0.4) is 0 Å². The largest absolute Gasteiger partial charge is 0.217 e. The molecule has 0 aliphatic heterocycles. The molecule has 2 atom stereocenters. The summed E-state index contributed by atoms with van der Waals surface area (Å²) in [7, 11) is 0. The topological polar surface area (TPSA) is 38.7 Å². The molecule has 2 aliphatic rings. The van der Waals surface area contributed by atoms with E-state index in [-0.39, 0.29) is 0 Å². The van der Waals surface area contributed by atoms with Crippen molar-refractivity contribution in [3.8, 4) is 67.3 Å². The Balaban J connectivity index is 1.17. The van der Waals surface area contributed by atoms with Gasteiger partial charge in [0.25, 0.3) is 0 Å². The Morgan fingerprint density at radius 3 is 1.56 bits per heavy atom. The lowest BCUT2D eigenvalue weighted by Gasteiger charge is -2.34. The summed E-state index contributed by atoms with van der Waals surface area (Å²) in [5, 5.41) is 0. The van der Waals surface area contributed by atoms with Gasteiger partial charge in [0.2, 0.25) is 0 Å². The van der Waals surface area contributed by atoms with Crippen molar-refractivity contribution in [2.24, 2.45) is 0 Å². The zero-order valence-electron chi connectivity index (χ0n) is 26.2. The third kappa shape index (κ3) is 4.80. The zero-order valence-corrected chi connectivity index (χ0v) is 26.2. The van der Waals surface area contributed by atoms with Crippen molar-refractivity contribution in [2.75, 3.05) is 0 Å². The Morgan fingerprint density at radius 1 is 0.354 bits per heavy atom. The van der Waals surface area contributed by atoms with E-state index < -0.39 is 0 Å². The lowest BCUT2D eigenvalue weighted by atomic mass is 9.69. The number of allylic oxidation sites excluding steroid dienone is 4. The number of benzene rings is 6. The summed E-state index contributed by atoms with van der Waals surface area (Å²) >= 11 is 0. The second-order valence-corrected chi connectivity index (χ2v) is 12.3. The molecule has 1 aromatic heterocycles. The first-order valence-corrected chi connectivity index (χ1v) is 16.4. The molecule has 48 heavy (non-hydrogen) atoms. The van der Waals surface area contributed by atoms with Crippen molar-refractivity contribution in [3.05, 3.63) is 187 Å². The van der Waals surface area contributed by atoms with Crippen LogP contribution < -0.4 is 0 Å². The van der Waals surface area contributed by atoms with Crippen LogP contribution in [0.5, 0.6) is 0 Å². The van der Waals surface area contributed by atoms with Crippen LogP contribution in [0.4, 0.5) is 0 Å². The van der Waals surface area contributed by atoms with E-state index in [1.54, 1.807) is 6.33 Å². The molecule has 0 bridgehead atoms. The molecular formula is C45H31N3. The minimum Gasteiger partial charge on any atom is -0.217 e. The van der Waals surface area contributed by atoms with Crippen LogP contribution in [0.1, 0.15) is 23.0 Å². The molecule has 0 amide bonds. The average Bonchev–Trinajstić information content (AvgIpc) is 3.18. The molecule has 7 aromatic rings. The summed E-state index contributed by atoms with van der Waals surface area (Å²) in [5.41, 5.74) is 14.4. The highest BCUT2D eigenvalue weighted by Crippen LogP contribution is 2.51. The predicted octanol–water partition coefficient (Wildman–Crippen LogP) is 11.2. The summed E-state index contributed by atoms with van der Waals surface area (Å²) in [6.07, 6.45) is 10.7. The van der Waals surface area contributed by atoms with Gasteiger partial charge >= 0.3 is 0 Å². The van der Waals surface area contributed by atoms with E-state index >= 15 is 0 Å². The second kappa shape index (κ2) is 11.9. The van der Waals surface area contributed by atoms with Gasteiger partial charge < -0.3 is 0 Å². The molecule has 3 nitrogen and oxygen atoms in total. The molecule has 2 unspecified atom stereocenters. The van der Waals surface area contributed by atoms with Crippen LogP contribution in [0.15, 0.2) is 176 Å². The maximum Gasteiger partial charge on any atom is 0.163 e. The first-order valence-electron chi connectivity index (χ1n) is 16.4. The maximum absolute atomic E-state index is 4.92. The van der Waals surface area contributed by atoms with Gasteiger partial charge in [-0.3, -0.25) is 0 Å². The molecule has 0 radical (unpaired) electrons. The van der Waals surface area contributed by atoms with Gasteiger partial charge in [-0.05, 0) is 61.7 Å². The Bertz CT molecular complexity index is 2370. The van der Waals surface area contributed by atoms with Crippen LogP contribution >= 0.6 is 0 Å². The van der Waals surface area contributed by atoms with Crippen molar-refractivity contribution in [2.45, 2.75) is 11.8 Å². The standard InChI is InChI=1S/C45H31N3/c1-2-14-30(15-3-1)44-46-29-47-45(48-44)42-25-13-12-23-39(42)36-20-8-6-18-34(36)33-17-5-4-16-32(33)31-26-27-41-38-22-9-7-19-35(38)37-21-10-11-24-40(37)43(41)28-31/h1-29,37,40H. The van der Waals surface area contributed by atoms with Crippen molar-refractivity contribution >= 4 is 0 Å². The van der Waals surface area contributed by atoms with Gasteiger partial charge in [0, 0.05) is 23.0 Å². The molecular weight excluding hydrogens is 583 g/mol. The minimum atomic E-state index is 0.312. The lowest BCUT2D eigenvalue weighted by molar-refractivity contribution is 0.720. The highest BCUT2D eigenvalue weighted by atomic mass is 15.0. The monoisotopic (exact) mass is 613 g/mol. The Labute approximate surface area is 280 Å². The molecule has 0 saturated heterocycles. The molecule has 0 spiro atoms. The zero-order chi connectivity index (χ0) is 31.9. The Kier molecular flexibility index (Phi) is 6.94. The molecule has 0 fully saturated rings. The molecule has 226 valence electrons. The first-order chi connectivity index (χ1) is 23.8. The third-order valence-electron chi connectivity index (χ3n) is 9.67. The lowest BCUT2D eigenvalue weighted by Crippen LogP contribution is -2.16.